The molecule has 0 amide bonds. The van der Waals surface area contributed by atoms with Crippen molar-refractivity contribution < 1.29 is 4.74 Å². The molecular formula is C19H29ClN6O. The van der Waals surface area contributed by atoms with Crippen LogP contribution in [0.25, 0.3) is 0 Å². The van der Waals surface area contributed by atoms with E-state index in [2.05, 4.69) is 51.3 Å². The molecule has 0 N–H and O–H groups in total. The van der Waals surface area contributed by atoms with E-state index in [1.807, 2.05) is 10.7 Å². The number of methoxy groups -OCH3 is 1. The van der Waals surface area contributed by atoms with Crippen LogP contribution in [0.2, 0.25) is 5.02 Å². The molecule has 1 saturated heterocycles. The monoisotopic (exact) mass is 392 g/mol. The zero-order chi connectivity index (χ0) is 19.2. The Labute approximate surface area is 166 Å². The van der Waals surface area contributed by atoms with Crippen LogP contribution in [-0.2, 0) is 11.3 Å². The topological polar surface area (TPSA) is 59.3 Å². The number of hydrogen-bond acceptors (Lipinski definition) is 6. The summed E-state index contributed by atoms with van der Waals surface area (Å²) >= 11 is 6.21. The van der Waals surface area contributed by atoms with Crippen LogP contribution >= 0.6 is 11.6 Å². The third-order valence-electron chi connectivity index (χ3n) is 5.19. The Morgan fingerprint density at radius 2 is 2.00 bits per heavy atom. The summed E-state index contributed by atoms with van der Waals surface area (Å²) in [5.41, 5.74) is 2.50. The first kappa shape index (κ1) is 20.0. The smallest absolute Gasteiger partial charge is 0.168 e. The molecule has 2 aromatic rings. The molecule has 3 rings (SSSR count). The van der Waals surface area contributed by atoms with E-state index in [4.69, 9.17) is 16.3 Å². The molecule has 148 valence electrons. The van der Waals surface area contributed by atoms with Gasteiger partial charge in [0.25, 0.3) is 0 Å². The van der Waals surface area contributed by atoms with Crippen molar-refractivity contribution >= 4 is 17.3 Å². The van der Waals surface area contributed by atoms with Crippen molar-refractivity contribution in [1.29, 1.82) is 0 Å². The zero-order valence-electron chi connectivity index (χ0n) is 16.4. The fourth-order valence-electron chi connectivity index (χ4n) is 3.73. The van der Waals surface area contributed by atoms with Crippen LogP contribution in [0.3, 0.4) is 0 Å². The van der Waals surface area contributed by atoms with Gasteiger partial charge in [-0.1, -0.05) is 31.0 Å². The van der Waals surface area contributed by atoms with E-state index >= 15 is 0 Å². The summed E-state index contributed by atoms with van der Waals surface area (Å²) < 4.78 is 7.08. The number of piperazine rings is 1. The van der Waals surface area contributed by atoms with E-state index in [9.17, 15) is 0 Å². The molecule has 2 heterocycles. The maximum absolute atomic E-state index is 6.21. The summed E-state index contributed by atoms with van der Waals surface area (Å²) in [5, 5.41) is 13.2. The average Bonchev–Trinajstić information content (AvgIpc) is 3.15. The van der Waals surface area contributed by atoms with Crippen LogP contribution in [0.15, 0.2) is 18.2 Å². The third-order valence-corrected chi connectivity index (χ3v) is 5.43. The number of hydrogen-bond donors (Lipinski definition) is 0. The van der Waals surface area contributed by atoms with Gasteiger partial charge in [-0.05, 0) is 41.5 Å². The lowest BCUT2D eigenvalue weighted by Gasteiger charge is -2.40. The Kier molecular flexibility index (Phi) is 7.04. The molecule has 0 bridgehead atoms. The molecule has 1 fully saturated rings. The van der Waals surface area contributed by atoms with Crippen molar-refractivity contribution in [3.05, 3.63) is 34.6 Å². The van der Waals surface area contributed by atoms with E-state index in [1.165, 1.54) is 11.3 Å². The number of aryl methyl sites for hydroxylation is 1. The van der Waals surface area contributed by atoms with Gasteiger partial charge < -0.3 is 9.64 Å². The van der Waals surface area contributed by atoms with Gasteiger partial charge in [0.1, 0.15) is 0 Å². The van der Waals surface area contributed by atoms with Gasteiger partial charge in [-0.15, -0.1) is 5.10 Å². The Balaban J connectivity index is 1.70. The SMILES string of the molecule is CCCC(c1nnnn1CCOC)N1CCN(c2cc(Cl)ccc2C)CC1. The normalized spacial score (nSPS) is 16.7. The van der Waals surface area contributed by atoms with E-state index in [0.29, 0.717) is 13.2 Å². The van der Waals surface area contributed by atoms with E-state index in [1.54, 1.807) is 7.11 Å². The second-order valence-electron chi connectivity index (χ2n) is 7.01. The standard InChI is InChI=1S/C19H29ClN6O/c1-4-5-17(19-21-22-23-26(19)12-13-27-3)24-8-10-25(11-9-24)18-14-16(20)7-6-15(18)2/h6-7,14,17H,4-5,8-13H2,1-3H3. The van der Waals surface area contributed by atoms with Crippen LogP contribution in [-0.4, -0.2) is 65.0 Å². The third kappa shape index (κ3) is 4.78. The molecule has 1 aliphatic heterocycles. The summed E-state index contributed by atoms with van der Waals surface area (Å²) in [7, 11) is 1.70. The number of nitrogens with zero attached hydrogens (tertiary/aromatic N) is 6. The van der Waals surface area contributed by atoms with Crippen LogP contribution in [0.1, 0.15) is 37.2 Å². The average molecular weight is 393 g/mol. The number of rotatable bonds is 8. The first-order chi connectivity index (χ1) is 13.1. The summed E-state index contributed by atoms with van der Waals surface area (Å²) in [6.07, 6.45) is 2.14. The molecule has 0 aliphatic carbocycles. The van der Waals surface area contributed by atoms with Crippen molar-refractivity contribution in [3.8, 4) is 0 Å². The zero-order valence-corrected chi connectivity index (χ0v) is 17.2. The fourth-order valence-corrected chi connectivity index (χ4v) is 3.90. The second kappa shape index (κ2) is 9.48. The Hall–Kier alpha value is -1.70. The van der Waals surface area contributed by atoms with Crippen LogP contribution in [0, 0.1) is 6.92 Å². The van der Waals surface area contributed by atoms with Gasteiger partial charge in [0.15, 0.2) is 5.82 Å². The molecule has 0 spiro atoms. The highest BCUT2D eigenvalue weighted by Gasteiger charge is 2.29. The van der Waals surface area contributed by atoms with Crippen LogP contribution in [0.5, 0.6) is 0 Å². The first-order valence-electron chi connectivity index (χ1n) is 9.64. The minimum Gasteiger partial charge on any atom is -0.383 e. The minimum absolute atomic E-state index is 0.240. The van der Waals surface area contributed by atoms with Crippen molar-refractivity contribution in [1.82, 2.24) is 25.1 Å². The lowest BCUT2D eigenvalue weighted by Crippen LogP contribution is -2.48. The molecule has 1 aromatic carbocycles. The highest BCUT2D eigenvalue weighted by atomic mass is 35.5. The predicted octanol–water partition coefficient (Wildman–Crippen LogP) is 2.94. The van der Waals surface area contributed by atoms with E-state index in [-0.39, 0.29) is 6.04 Å². The Morgan fingerprint density at radius 3 is 2.70 bits per heavy atom. The lowest BCUT2D eigenvalue weighted by molar-refractivity contribution is 0.153. The highest BCUT2D eigenvalue weighted by molar-refractivity contribution is 6.30. The molecule has 8 heteroatoms. The Bertz CT molecular complexity index is 729. The number of aromatic nitrogens is 4. The van der Waals surface area contributed by atoms with Crippen molar-refractivity contribution in [2.24, 2.45) is 0 Å². The number of halogens is 1. The summed E-state index contributed by atoms with van der Waals surface area (Å²) in [5.74, 6) is 0.946. The quantitative estimate of drug-likeness (QED) is 0.688. The summed E-state index contributed by atoms with van der Waals surface area (Å²) in [6, 6.07) is 6.35. The van der Waals surface area contributed by atoms with E-state index < -0.39 is 0 Å². The van der Waals surface area contributed by atoms with Gasteiger partial charge in [0.05, 0.1) is 19.2 Å². The van der Waals surface area contributed by atoms with Crippen molar-refractivity contribution in [2.75, 3.05) is 44.8 Å². The van der Waals surface area contributed by atoms with Crippen LogP contribution in [0.4, 0.5) is 5.69 Å². The van der Waals surface area contributed by atoms with E-state index in [0.717, 1.165) is 49.9 Å². The fraction of sp³-hybridized carbons (Fsp3) is 0.632. The lowest BCUT2D eigenvalue weighted by atomic mass is 10.1. The van der Waals surface area contributed by atoms with Gasteiger partial charge in [-0.25, -0.2) is 4.68 Å². The molecule has 27 heavy (non-hydrogen) atoms. The van der Waals surface area contributed by atoms with Gasteiger partial charge in [0, 0.05) is 44.0 Å². The van der Waals surface area contributed by atoms with Crippen molar-refractivity contribution in [2.45, 2.75) is 39.3 Å². The maximum atomic E-state index is 6.21. The Morgan fingerprint density at radius 1 is 1.22 bits per heavy atom. The van der Waals surface area contributed by atoms with Crippen molar-refractivity contribution in [3.63, 3.8) is 0 Å². The molecule has 1 aliphatic rings. The predicted molar refractivity (Wildman–Crippen MR) is 107 cm³/mol. The van der Waals surface area contributed by atoms with Crippen LogP contribution < -0.4 is 4.90 Å². The van der Waals surface area contributed by atoms with Gasteiger partial charge in [0.2, 0.25) is 0 Å². The number of tetrazole rings is 1. The highest BCUT2D eigenvalue weighted by Crippen LogP contribution is 2.29. The number of anilines is 1. The molecule has 0 saturated carbocycles. The maximum Gasteiger partial charge on any atom is 0.168 e. The second-order valence-corrected chi connectivity index (χ2v) is 7.45. The summed E-state index contributed by atoms with van der Waals surface area (Å²) in [6.45, 7) is 9.55. The van der Waals surface area contributed by atoms with Gasteiger partial charge >= 0.3 is 0 Å². The molecule has 1 unspecified atom stereocenters. The largest absolute Gasteiger partial charge is 0.383 e. The molecule has 1 atom stereocenters. The number of ether oxygens (including phenoxy) is 1. The van der Waals surface area contributed by atoms with Gasteiger partial charge in [-0.3, -0.25) is 4.90 Å². The minimum atomic E-state index is 0.240. The number of benzene rings is 1. The molecule has 0 radical (unpaired) electrons. The van der Waals surface area contributed by atoms with Gasteiger partial charge in [-0.2, -0.15) is 0 Å². The first-order valence-corrected chi connectivity index (χ1v) is 10.0. The molecule has 7 nitrogen and oxygen atoms in total. The molecular weight excluding hydrogens is 364 g/mol. The molecule has 1 aromatic heterocycles. The summed E-state index contributed by atoms with van der Waals surface area (Å²) in [4.78, 5) is 4.93.